The van der Waals surface area contributed by atoms with Crippen LogP contribution in [0.3, 0.4) is 0 Å². The third-order valence-corrected chi connectivity index (χ3v) is 5.55. The Labute approximate surface area is 199 Å². The number of benzene rings is 1. The van der Waals surface area contributed by atoms with Gasteiger partial charge in [-0.1, -0.05) is 12.1 Å². The molecule has 2 heterocycles. The van der Waals surface area contributed by atoms with E-state index in [1.54, 1.807) is 37.2 Å². The summed E-state index contributed by atoms with van der Waals surface area (Å²) in [5.41, 5.74) is 3.61. The number of carbonyl (C=O) groups excluding carboxylic acids is 1. The average Bonchev–Trinajstić information content (AvgIpc) is 3.31. The largest absolute Gasteiger partial charge is 0.481 e. The second-order valence-electron chi connectivity index (χ2n) is 8.08. The molecule has 0 aliphatic heterocycles. The maximum absolute atomic E-state index is 11.7. The molecule has 3 aromatic rings. The third kappa shape index (κ3) is 6.36. The summed E-state index contributed by atoms with van der Waals surface area (Å²) in [5, 5.41) is 16.1. The molecule has 1 N–H and O–H groups in total. The van der Waals surface area contributed by atoms with E-state index in [9.17, 15) is 4.79 Å². The molecule has 0 fully saturated rings. The van der Waals surface area contributed by atoms with Crippen molar-refractivity contribution >= 4 is 5.97 Å². The molecule has 0 aliphatic rings. The zero-order chi connectivity index (χ0) is 24.5. The van der Waals surface area contributed by atoms with Gasteiger partial charge in [0.25, 0.3) is 0 Å². The number of esters is 1. The summed E-state index contributed by atoms with van der Waals surface area (Å²) >= 11 is 0. The average molecular weight is 469 g/mol. The lowest BCUT2D eigenvalue weighted by atomic mass is 10.00. The number of aryl methyl sites for hydroxylation is 2. The predicted molar refractivity (Wildman–Crippen MR) is 126 cm³/mol. The minimum Gasteiger partial charge on any atom is -0.481 e. The predicted octanol–water partition coefficient (Wildman–Crippen LogP) is 2.52. The number of carbonyl (C=O) groups is 1. The van der Waals surface area contributed by atoms with E-state index in [0.29, 0.717) is 30.4 Å². The third-order valence-electron chi connectivity index (χ3n) is 5.55. The molecule has 0 bridgehead atoms. The maximum atomic E-state index is 11.7. The van der Waals surface area contributed by atoms with Gasteiger partial charge in [-0.05, 0) is 65.9 Å². The normalized spacial score (nSPS) is 12.9. The van der Waals surface area contributed by atoms with Gasteiger partial charge in [-0.3, -0.25) is 0 Å². The van der Waals surface area contributed by atoms with Gasteiger partial charge in [-0.15, -0.1) is 5.10 Å². The molecule has 0 aliphatic carbocycles. The van der Waals surface area contributed by atoms with Gasteiger partial charge >= 0.3 is 5.97 Å². The van der Waals surface area contributed by atoms with Crippen LogP contribution in [0.4, 0.5) is 0 Å². The van der Waals surface area contributed by atoms with Gasteiger partial charge in [0.1, 0.15) is 0 Å². The van der Waals surface area contributed by atoms with Gasteiger partial charge in [0.15, 0.2) is 5.82 Å². The van der Waals surface area contributed by atoms with Crippen LogP contribution in [0.15, 0.2) is 36.5 Å². The monoisotopic (exact) mass is 468 g/mol. The van der Waals surface area contributed by atoms with Gasteiger partial charge in [0.2, 0.25) is 5.88 Å². The van der Waals surface area contributed by atoms with Crippen LogP contribution in [0.2, 0.25) is 0 Å². The highest BCUT2D eigenvalue weighted by atomic mass is 16.5. The van der Waals surface area contributed by atoms with Crippen LogP contribution in [0.5, 0.6) is 5.88 Å². The second-order valence-corrected chi connectivity index (χ2v) is 8.08. The molecule has 10 nitrogen and oxygen atoms in total. The van der Waals surface area contributed by atoms with Crippen LogP contribution < -0.4 is 10.1 Å². The molecular formula is C24H32N6O4. The van der Waals surface area contributed by atoms with Crippen molar-refractivity contribution in [1.29, 1.82) is 0 Å². The fourth-order valence-corrected chi connectivity index (χ4v) is 3.79. The lowest BCUT2D eigenvalue weighted by Crippen LogP contribution is -2.35. The molecule has 0 amide bonds. The van der Waals surface area contributed by atoms with Crippen molar-refractivity contribution in [2.75, 3.05) is 27.9 Å². The van der Waals surface area contributed by atoms with E-state index in [1.165, 1.54) is 7.11 Å². The molecule has 0 radical (unpaired) electrons. The first kappa shape index (κ1) is 25.3. The Bertz CT molecular complexity index is 1070. The van der Waals surface area contributed by atoms with Gasteiger partial charge in [-0.25, -0.2) is 14.5 Å². The van der Waals surface area contributed by atoms with Crippen molar-refractivity contribution in [2.24, 2.45) is 0 Å². The summed E-state index contributed by atoms with van der Waals surface area (Å²) in [6.45, 7) is 5.38. The highest BCUT2D eigenvalue weighted by Crippen LogP contribution is 2.26. The van der Waals surface area contributed by atoms with Gasteiger partial charge < -0.3 is 19.5 Å². The molecule has 0 saturated heterocycles. The van der Waals surface area contributed by atoms with Crippen LogP contribution in [0, 0.1) is 6.92 Å². The Morgan fingerprint density at radius 2 is 1.94 bits per heavy atom. The van der Waals surface area contributed by atoms with Crippen LogP contribution in [-0.4, -0.2) is 65.1 Å². The Morgan fingerprint density at radius 1 is 1.18 bits per heavy atom. The second kappa shape index (κ2) is 12.2. The summed E-state index contributed by atoms with van der Waals surface area (Å²) in [5.74, 6) is 0.915. The number of rotatable bonds is 12. The Balaban J connectivity index is 1.84. The molecule has 182 valence electrons. The minimum absolute atomic E-state index is 0.0691. The van der Waals surface area contributed by atoms with Crippen LogP contribution in [0.1, 0.15) is 52.3 Å². The topological polar surface area (TPSA) is 113 Å². The first-order chi connectivity index (χ1) is 16.5. The molecule has 2 unspecified atom stereocenters. The number of tetrazole rings is 1. The number of hydrogen-bond donors (Lipinski definition) is 1. The molecule has 2 aromatic heterocycles. The number of aromatic nitrogens is 5. The van der Waals surface area contributed by atoms with E-state index in [4.69, 9.17) is 14.2 Å². The van der Waals surface area contributed by atoms with Crippen molar-refractivity contribution in [3.05, 3.63) is 64.6 Å². The fourth-order valence-electron chi connectivity index (χ4n) is 3.79. The van der Waals surface area contributed by atoms with E-state index in [1.807, 2.05) is 25.1 Å². The Morgan fingerprint density at radius 3 is 2.59 bits per heavy atom. The van der Waals surface area contributed by atoms with Gasteiger partial charge in [0, 0.05) is 38.6 Å². The number of ether oxygens (including phenoxy) is 3. The van der Waals surface area contributed by atoms with Crippen molar-refractivity contribution < 1.29 is 19.0 Å². The lowest BCUT2D eigenvalue weighted by molar-refractivity contribution is 0.0600. The summed E-state index contributed by atoms with van der Waals surface area (Å²) in [6.07, 6.45) is 3.34. The number of nitrogens with zero attached hydrogens (tertiary/aromatic N) is 5. The van der Waals surface area contributed by atoms with Crippen molar-refractivity contribution in [2.45, 2.75) is 45.3 Å². The van der Waals surface area contributed by atoms with E-state index < -0.39 is 0 Å². The summed E-state index contributed by atoms with van der Waals surface area (Å²) in [6, 6.07) is 9.13. The zero-order valence-electron chi connectivity index (χ0n) is 20.3. The smallest absolute Gasteiger partial charge is 0.337 e. The van der Waals surface area contributed by atoms with E-state index in [-0.39, 0.29) is 18.1 Å². The SMILES string of the molecule is COCCCn1nnnc1C(NC(C)Cc1ccc(C(=O)OC)cc1)c1cnc(OC)cc1C. The summed E-state index contributed by atoms with van der Waals surface area (Å²) < 4.78 is 17.0. The number of pyridine rings is 1. The molecule has 10 heteroatoms. The van der Waals surface area contributed by atoms with E-state index in [2.05, 4.69) is 32.7 Å². The van der Waals surface area contributed by atoms with Crippen LogP contribution in [-0.2, 0) is 22.4 Å². The number of methoxy groups -OCH3 is 3. The summed E-state index contributed by atoms with van der Waals surface area (Å²) in [4.78, 5) is 16.1. The fraction of sp³-hybridized carbons (Fsp3) is 0.458. The lowest BCUT2D eigenvalue weighted by Gasteiger charge is -2.24. The first-order valence-corrected chi connectivity index (χ1v) is 11.2. The first-order valence-electron chi connectivity index (χ1n) is 11.2. The number of hydrogen-bond acceptors (Lipinski definition) is 9. The molecule has 0 saturated carbocycles. The molecule has 34 heavy (non-hydrogen) atoms. The zero-order valence-corrected chi connectivity index (χ0v) is 20.3. The molecule has 1 aromatic carbocycles. The summed E-state index contributed by atoms with van der Waals surface area (Å²) in [7, 11) is 4.65. The van der Waals surface area contributed by atoms with Gasteiger partial charge in [-0.2, -0.15) is 0 Å². The molecule has 3 rings (SSSR count). The van der Waals surface area contributed by atoms with E-state index in [0.717, 1.165) is 29.5 Å². The maximum Gasteiger partial charge on any atom is 0.337 e. The van der Waals surface area contributed by atoms with Gasteiger partial charge in [0.05, 0.1) is 25.8 Å². The standard InChI is InChI=1S/C24H32N6O4/c1-16-13-21(33-4)25-15-20(16)22(23-27-28-29-30(23)11-6-12-32-3)26-17(2)14-18-7-9-19(10-8-18)24(31)34-5/h7-10,13,15,17,22,26H,6,11-12,14H2,1-5H3. The van der Waals surface area contributed by atoms with Crippen molar-refractivity contribution in [1.82, 2.24) is 30.5 Å². The van der Waals surface area contributed by atoms with Crippen molar-refractivity contribution in [3.8, 4) is 5.88 Å². The molecular weight excluding hydrogens is 436 g/mol. The quantitative estimate of drug-likeness (QED) is 0.316. The minimum atomic E-state index is -0.347. The Hall–Kier alpha value is -3.37. The highest BCUT2D eigenvalue weighted by Gasteiger charge is 2.25. The number of nitrogens with one attached hydrogen (secondary N) is 1. The Kier molecular flexibility index (Phi) is 9.06. The molecule has 0 spiro atoms. The van der Waals surface area contributed by atoms with Crippen LogP contribution >= 0.6 is 0 Å². The van der Waals surface area contributed by atoms with E-state index >= 15 is 0 Å². The molecule has 2 atom stereocenters. The van der Waals surface area contributed by atoms with Crippen molar-refractivity contribution in [3.63, 3.8) is 0 Å². The van der Waals surface area contributed by atoms with Crippen LogP contribution in [0.25, 0.3) is 0 Å². The highest BCUT2D eigenvalue weighted by molar-refractivity contribution is 5.89.